The summed E-state index contributed by atoms with van der Waals surface area (Å²) in [5, 5.41) is 6.07. The molecule has 27 heavy (non-hydrogen) atoms. The Morgan fingerprint density at radius 1 is 1.07 bits per heavy atom. The van der Waals surface area contributed by atoms with Gasteiger partial charge in [0, 0.05) is 6.54 Å². The van der Waals surface area contributed by atoms with Gasteiger partial charge in [-0.1, -0.05) is 37.6 Å². The normalized spacial score (nSPS) is 10.5. The fourth-order valence-corrected chi connectivity index (χ4v) is 2.46. The summed E-state index contributed by atoms with van der Waals surface area (Å²) in [6.07, 6.45) is 2.24. The summed E-state index contributed by atoms with van der Waals surface area (Å²) >= 11 is 0. The molecule has 0 bridgehead atoms. The monoisotopic (exact) mass is 370 g/mol. The average molecular weight is 370 g/mol. The molecular weight excluding hydrogens is 340 g/mol. The highest BCUT2D eigenvalue weighted by molar-refractivity contribution is 5.81. The SMILES string of the molecule is CCCCOc1ccccc1NCC(=O)NCc1ccc(OC(C)C)cc1. The number of anilines is 1. The molecule has 2 rings (SSSR count). The van der Waals surface area contributed by atoms with Gasteiger partial charge >= 0.3 is 0 Å². The lowest BCUT2D eigenvalue weighted by atomic mass is 10.2. The second kappa shape index (κ2) is 11.1. The Labute approximate surface area is 162 Å². The van der Waals surface area contributed by atoms with Crippen LogP contribution in [-0.4, -0.2) is 25.2 Å². The van der Waals surface area contributed by atoms with E-state index >= 15 is 0 Å². The van der Waals surface area contributed by atoms with E-state index in [1.165, 1.54) is 0 Å². The number of amides is 1. The Bertz CT molecular complexity index is 699. The van der Waals surface area contributed by atoms with Crippen LogP contribution in [0.3, 0.4) is 0 Å². The maximum Gasteiger partial charge on any atom is 0.239 e. The zero-order valence-corrected chi connectivity index (χ0v) is 16.5. The third kappa shape index (κ3) is 7.60. The molecule has 0 unspecified atom stereocenters. The first kappa shape index (κ1) is 20.6. The van der Waals surface area contributed by atoms with Gasteiger partial charge in [0.1, 0.15) is 11.5 Å². The fourth-order valence-electron chi connectivity index (χ4n) is 2.46. The van der Waals surface area contributed by atoms with Gasteiger partial charge in [0.25, 0.3) is 0 Å². The van der Waals surface area contributed by atoms with Crippen LogP contribution in [-0.2, 0) is 11.3 Å². The summed E-state index contributed by atoms with van der Waals surface area (Å²) in [5.74, 6) is 1.54. The van der Waals surface area contributed by atoms with E-state index in [0.29, 0.717) is 13.2 Å². The van der Waals surface area contributed by atoms with Gasteiger partial charge in [-0.3, -0.25) is 4.79 Å². The number of carbonyl (C=O) groups is 1. The van der Waals surface area contributed by atoms with Crippen molar-refractivity contribution in [3.8, 4) is 11.5 Å². The van der Waals surface area contributed by atoms with E-state index < -0.39 is 0 Å². The van der Waals surface area contributed by atoms with Crippen LogP contribution in [0.15, 0.2) is 48.5 Å². The van der Waals surface area contributed by atoms with E-state index in [-0.39, 0.29) is 18.6 Å². The first-order chi connectivity index (χ1) is 13.1. The quantitative estimate of drug-likeness (QED) is 0.576. The molecule has 5 heteroatoms. The number of unbranched alkanes of at least 4 members (excludes halogenated alkanes) is 1. The van der Waals surface area contributed by atoms with Gasteiger partial charge in [-0.25, -0.2) is 0 Å². The molecular formula is C22H30N2O3. The van der Waals surface area contributed by atoms with Crippen LogP contribution in [0.4, 0.5) is 5.69 Å². The van der Waals surface area contributed by atoms with Crippen LogP contribution < -0.4 is 20.1 Å². The summed E-state index contributed by atoms with van der Waals surface area (Å²) in [4.78, 5) is 12.1. The fraction of sp³-hybridized carbons (Fsp3) is 0.409. The number of carbonyl (C=O) groups excluding carboxylic acids is 1. The number of para-hydroxylation sites is 2. The van der Waals surface area contributed by atoms with E-state index in [0.717, 1.165) is 35.6 Å². The minimum atomic E-state index is -0.0686. The summed E-state index contributed by atoms with van der Waals surface area (Å²) in [6.45, 7) is 7.47. The van der Waals surface area contributed by atoms with Crippen molar-refractivity contribution in [3.05, 3.63) is 54.1 Å². The smallest absolute Gasteiger partial charge is 0.239 e. The number of nitrogens with one attached hydrogen (secondary N) is 2. The number of benzene rings is 2. The van der Waals surface area contributed by atoms with Gasteiger partial charge in [0.2, 0.25) is 5.91 Å². The van der Waals surface area contributed by atoms with Gasteiger partial charge in [-0.15, -0.1) is 0 Å². The Morgan fingerprint density at radius 2 is 1.81 bits per heavy atom. The third-order valence-electron chi connectivity index (χ3n) is 3.87. The lowest BCUT2D eigenvalue weighted by Crippen LogP contribution is -2.29. The van der Waals surface area contributed by atoms with Crippen LogP contribution in [0, 0.1) is 0 Å². The Balaban J connectivity index is 1.78. The summed E-state index contributed by atoms with van der Waals surface area (Å²) in [7, 11) is 0. The minimum absolute atomic E-state index is 0.0686. The highest BCUT2D eigenvalue weighted by Gasteiger charge is 2.06. The highest BCUT2D eigenvalue weighted by atomic mass is 16.5. The molecule has 0 aliphatic carbocycles. The molecule has 2 aromatic carbocycles. The number of rotatable bonds is 11. The lowest BCUT2D eigenvalue weighted by molar-refractivity contribution is -0.119. The molecule has 0 aliphatic heterocycles. The third-order valence-corrected chi connectivity index (χ3v) is 3.87. The summed E-state index contributed by atoms with van der Waals surface area (Å²) in [6, 6.07) is 15.4. The zero-order chi connectivity index (χ0) is 19.5. The molecule has 2 aromatic rings. The van der Waals surface area contributed by atoms with Crippen molar-refractivity contribution >= 4 is 11.6 Å². The predicted molar refractivity (Wildman–Crippen MR) is 109 cm³/mol. The van der Waals surface area contributed by atoms with Crippen LogP contribution in [0.5, 0.6) is 11.5 Å². The van der Waals surface area contributed by atoms with Crippen LogP contribution in [0.2, 0.25) is 0 Å². The number of hydrogen-bond donors (Lipinski definition) is 2. The van der Waals surface area contributed by atoms with Crippen molar-refractivity contribution in [2.75, 3.05) is 18.5 Å². The molecule has 146 valence electrons. The van der Waals surface area contributed by atoms with Crippen molar-refractivity contribution < 1.29 is 14.3 Å². The second-order valence-corrected chi connectivity index (χ2v) is 6.64. The second-order valence-electron chi connectivity index (χ2n) is 6.64. The molecule has 5 nitrogen and oxygen atoms in total. The molecule has 0 spiro atoms. The van der Waals surface area contributed by atoms with Crippen molar-refractivity contribution in [1.29, 1.82) is 0 Å². The molecule has 2 N–H and O–H groups in total. The lowest BCUT2D eigenvalue weighted by Gasteiger charge is -2.13. The van der Waals surface area contributed by atoms with Gasteiger partial charge in [-0.05, 0) is 50.1 Å². The van der Waals surface area contributed by atoms with Gasteiger partial charge < -0.3 is 20.1 Å². The number of ether oxygens (including phenoxy) is 2. The van der Waals surface area contributed by atoms with Gasteiger partial charge in [0.05, 0.1) is 24.9 Å². The first-order valence-corrected chi connectivity index (χ1v) is 9.56. The van der Waals surface area contributed by atoms with Crippen molar-refractivity contribution in [2.24, 2.45) is 0 Å². The zero-order valence-electron chi connectivity index (χ0n) is 16.5. The Kier molecular flexibility index (Phi) is 8.49. The van der Waals surface area contributed by atoms with Gasteiger partial charge in [0.15, 0.2) is 0 Å². The molecule has 0 aliphatic rings. The molecule has 0 saturated carbocycles. The maximum atomic E-state index is 12.1. The Hall–Kier alpha value is -2.69. The van der Waals surface area contributed by atoms with Crippen LogP contribution in [0.1, 0.15) is 39.2 Å². The molecule has 0 heterocycles. The average Bonchev–Trinajstić information content (AvgIpc) is 2.66. The predicted octanol–water partition coefficient (Wildman–Crippen LogP) is 4.38. The van der Waals surface area contributed by atoms with E-state index in [1.807, 2.05) is 62.4 Å². The molecule has 1 amide bonds. The Morgan fingerprint density at radius 3 is 2.52 bits per heavy atom. The van der Waals surface area contributed by atoms with E-state index in [9.17, 15) is 4.79 Å². The number of hydrogen-bond acceptors (Lipinski definition) is 4. The largest absolute Gasteiger partial charge is 0.491 e. The first-order valence-electron chi connectivity index (χ1n) is 9.56. The topological polar surface area (TPSA) is 59.6 Å². The molecule has 0 aromatic heterocycles. The van der Waals surface area contributed by atoms with E-state index in [4.69, 9.17) is 9.47 Å². The minimum Gasteiger partial charge on any atom is -0.491 e. The maximum absolute atomic E-state index is 12.1. The van der Waals surface area contributed by atoms with Crippen molar-refractivity contribution in [3.63, 3.8) is 0 Å². The molecule has 0 fully saturated rings. The van der Waals surface area contributed by atoms with Crippen molar-refractivity contribution in [1.82, 2.24) is 5.32 Å². The molecule has 0 radical (unpaired) electrons. The summed E-state index contributed by atoms with van der Waals surface area (Å²) in [5.41, 5.74) is 1.86. The summed E-state index contributed by atoms with van der Waals surface area (Å²) < 4.78 is 11.4. The standard InChI is InChI=1S/C22H30N2O3/c1-4-5-14-26-21-9-7-6-8-20(21)23-16-22(25)24-15-18-10-12-19(13-11-18)27-17(2)3/h6-13,17,23H,4-5,14-16H2,1-3H3,(H,24,25). The molecule has 0 saturated heterocycles. The van der Waals surface area contributed by atoms with Crippen molar-refractivity contribution in [2.45, 2.75) is 46.3 Å². The van der Waals surface area contributed by atoms with E-state index in [2.05, 4.69) is 17.6 Å². The van der Waals surface area contributed by atoms with Gasteiger partial charge in [-0.2, -0.15) is 0 Å². The highest BCUT2D eigenvalue weighted by Crippen LogP contribution is 2.23. The van der Waals surface area contributed by atoms with Crippen LogP contribution >= 0.6 is 0 Å². The van der Waals surface area contributed by atoms with Crippen LogP contribution in [0.25, 0.3) is 0 Å². The van der Waals surface area contributed by atoms with E-state index in [1.54, 1.807) is 0 Å². The molecule has 0 atom stereocenters.